The van der Waals surface area contributed by atoms with E-state index in [0.29, 0.717) is 6.61 Å². The lowest BCUT2D eigenvalue weighted by Crippen LogP contribution is -1.99. The minimum Gasteiger partial charge on any atom is -0.494 e. The first-order chi connectivity index (χ1) is 11.3. The number of nitrogens with one attached hydrogen (secondary N) is 1. The van der Waals surface area contributed by atoms with Crippen molar-refractivity contribution >= 4 is 10.9 Å². The summed E-state index contributed by atoms with van der Waals surface area (Å²) >= 11 is 0. The van der Waals surface area contributed by atoms with Gasteiger partial charge in [0, 0.05) is 16.6 Å². The zero-order valence-corrected chi connectivity index (χ0v) is 13.6. The van der Waals surface area contributed by atoms with Crippen LogP contribution in [0.5, 0.6) is 5.75 Å². The fourth-order valence-electron chi connectivity index (χ4n) is 3.04. The summed E-state index contributed by atoms with van der Waals surface area (Å²) in [4.78, 5) is 3.59. The van der Waals surface area contributed by atoms with Crippen LogP contribution in [-0.2, 0) is 6.42 Å². The van der Waals surface area contributed by atoms with E-state index >= 15 is 0 Å². The highest BCUT2D eigenvalue weighted by Crippen LogP contribution is 2.32. The third-order valence-corrected chi connectivity index (χ3v) is 4.15. The van der Waals surface area contributed by atoms with Crippen molar-refractivity contribution in [1.82, 2.24) is 4.98 Å². The molecule has 2 aromatic carbocycles. The summed E-state index contributed by atoms with van der Waals surface area (Å²) in [5.74, 6) is 0.914. The van der Waals surface area contributed by atoms with E-state index in [1.807, 2.05) is 19.1 Å². The number of ether oxygens (including phenoxy) is 1. The Labute approximate surface area is 137 Å². The Morgan fingerprint density at radius 1 is 1.00 bits per heavy atom. The maximum absolute atomic E-state index is 5.65. The van der Waals surface area contributed by atoms with Gasteiger partial charge >= 0.3 is 0 Å². The number of aromatic nitrogens is 1. The predicted octanol–water partition coefficient (Wildman–Crippen LogP) is 4.52. The van der Waals surface area contributed by atoms with E-state index in [1.54, 1.807) is 0 Å². The van der Waals surface area contributed by atoms with Gasteiger partial charge in [0.1, 0.15) is 5.75 Å². The first-order valence-corrected chi connectivity index (χ1v) is 8.36. The molecule has 0 amide bonds. The third-order valence-electron chi connectivity index (χ3n) is 4.15. The summed E-state index contributed by atoms with van der Waals surface area (Å²) in [6, 6.07) is 16.8. The second-order valence-electron chi connectivity index (χ2n) is 5.73. The van der Waals surface area contributed by atoms with Gasteiger partial charge in [-0.25, -0.2) is 0 Å². The molecule has 0 aliphatic heterocycles. The molecule has 0 radical (unpaired) electrons. The molecule has 0 bridgehead atoms. The highest BCUT2D eigenvalue weighted by molar-refractivity contribution is 5.90. The van der Waals surface area contributed by atoms with Gasteiger partial charge in [-0.05, 0) is 74.2 Å². The van der Waals surface area contributed by atoms with Gasteiger partial charge in [-0.2, -0.15) is 0 Å². The van der Waals surface area contributed by atoms with Crippen LogP contribution in [0.2, 0.25) is 0 Å². The molecular formula is C20H24N2O. The minimum atomic E-state index is 0.691. The van der Waals surface area contributed by atoms with Crippen molar-refractivity contribution in [2.24, 2.45) is 5.73 Å². The van der Waals surface area contributed by atoms with Crippen LogP contribution in [0.15, 0.2) is 48.5 Å². The number of nitrogens with two attached hydrogens (primary N) is 1. The first-order valence-electron chi connectivity index (χ1n) is 8.36. The van der Waals surface area contributed by atoms with Crippen LogP contribution in [0.3, 0.4) is 0 Å². The molecule has 3 heteroatoms. The number of aryl methyl sites for hydroxylation is 1. The Morgan fingerprint density at radius 2 is 1.78 bits per heavy atom. The molecule has 1 aromatic heterocycles. The van der Waals surface area contributed by atoms with E-state index in [2.05, 4.69) is 41.4 Å². The van der Waals surface area contributed by atoms with Crippen molar-refractivity contribution in [2.45, 2.75) is 26.2 Å². The van der Waals surface area contributed by atoms with Crippen LogP contribution < -0.4 is 10.5 Å². The quantitative estimate of drug-likeness (QED) is 0.631. The number of para-hydroxylation sites is 1. The van der Waals surface area contributed by atoms with E-state index in [4.69, 9.17) is 10.5 Å². The Hall–Kier alpha value is -2.26. The topological polar surface area (TPSA) is 51.0 Å². The number of hydrogen-bond acceptors (Lipinski definition) is 2. The average Bonchev–Trinajstić information content (AvgIpc) is 2.95. The lowest BCUT2D eigenvalue weighted by molar-refractivity contribution is 0.340. The average molecular weight is 308 g/mol. The number of unbranched alkanes of at least 4 members (excludes halogenated alkanes) is 1. The minimum absolute atomic E-state index is 0.691. The molecule has 1 heterocycles. The van der Waals surface area contributed by atoms with Crippen LogP contribution in [0.25, 0.3) is 22.2 Å². The summed E-state index contributed by atoms with van der Waals surface area (Å²) in [6.07, 6.45) is 3.22. The molecule has 0 aliphatic rings. The van der Waals surface area contributed by atoms with E-state index in [-0.39, 0.29) is 0 Å². The second-order valence-corrected chi connectivity index (χ2v) is 5.73. The molecule has 0 saturated carbocycles. The lowest BCUT2D eigenvalue weighted by Gasteiger charge is -2.07. The standard InChI is InChI=1S/C20H24N2O/c1-2-23-16-12-10-15(11-13-16)20-18(8-5-6-14-21)17-7-3-4-9-19(17)22-20/h3-4,7,9-13,22H,2,5-6,8,14,21H2,1H3. The molecule has 3 N–H and O–H groups in total. The van der Waals surface area contributed by atoms with Crippen molar-refractivity contribution in [2.75, 3.05) is 13.2 Å². The van der Waals surface area contributed by atoms with E-state index < -0.39 is 0 Å². The number of hydrogen-bond donors (Lipinski definition) is 2. The van der Waals surface area contributed by atoms with E-state index in [9.17, 15) is 0 Å². The maximum Gasteiger partial charge on any atom is 0.119 e. The zero-order valence-electron chi connectivity index (χ0n) is 13.6. The number of benzene rings is 2. The summed E-state index contributed by atoms with van der Waals surface area (Å²) in [6.45, 7) is 3.44. The van der Waals surface area contributed by atoms with Gasteiger partial charge in [0.2, 0.25) is 0 Å². The van der Waals surface area contributed by atoms with Crippen LogP contribution in [0.4, 0.5) is 0 Å². The lowest BCUT2D eigenvalue weighted by atomic mass is 10.0. The second kappa shape index (κ2) is 7.34. The summed E-state index contributed by atoms with van der Waals surface area (Å²) in [5.41, 5.74) is 10.6. The molecule has 23 heavy (non-hydrogen) atoms. The van der Waals surface area contributed by atoms with Crippen LogP contribution >= 0.6 is 0 Å². The SMILES string of the molecule is CCOc1ccc(-c2[nH]c3ccccc3c2CCCCN)cc1. The van der Waals surface area contributed by atoms with Gasteiger partial charge in [-0.3, -0.25) is 0 Å². The molecule has 0 unspecified atom stereocenters. The van der Waals surface area contributed by atoms with Crippen molar-refractivity contribution < 1.29 is 4.74 Å². The fourth-order valence-corrected chi connectivity index (χ4v) is 3.04. The molecule has 0 saturated heterocycles. The molecule has 3 nitrogen and oxygen atoms in total. The Kier molecular flexibility index (Phi) is 4.99. The number of aromatic amines is 1. The van der Waals surface area contributed by atoms with Crippen LogP contribution in [0.1, 0.15) is 25.3 Å². The van der Waals surface area contributed by atoms with Gasteiger partial charge in [0.05, 0.1) is 6.61 Å². The number of fused-ring (bicyclic) bond motifs is 1. The molecule has 0 aliphatic carbocycles. The Balaban J connectivity index is 1.99. The maximum atomic E-state index is 5.65. The highest BCUT2D eigenvalue weighted by atomic mass is 16.5. The van der Waals surface area contributed by atoms with Crippen molar-refractivity contribution in [3.63, 3.8) is 0 Å². The fraction of sp³-hybridized carbons (Fsp3) is 0.300. The van der Waals surface area contributed by atoms with E-state index in [1.165, 1.54) is 27.7 Å². The molecule has 0 fully saturated rings. The number of H-pyrrole nitrogens is 1. The monoisotopic (exact) mass is 308 g/mol. The number of rotatable bonds is 7. The molecular weight excluding hydrogens is 284 g/mol. The Bertz CT molecular complexity index is 759. The predicted molar refractivity (Wildman–Crippen MR) is 96.9 cm³/mol. The van der Waals surface area contributed by atoms with Gasteiger partial charge in [-0.15, -0.1) is 0 Å². The highest BCUT2D eigenvalue weighted by Gasteiger charge is 2.12. The summed E-state index contributed by atoms with van der Waals surface area (Å²) < 4.78 is 5.54. The summed E-state index contributed by atoms with van der Waals surface area (Å²) in [7, 11) is 0. The van der Waals surface area contributed by atoms with Crippen molar-refractivity contribution in [3.8, 4) is 17.0 Å². The smallest absolute Gasteiger partial charge is 0.119 e. The normalized spacial score (nSPS) is 11.0. The molecule has 3 rings (SSSR count). The molecule has 3 aromatic rings. The molecule has 0 atom stereocenters. The molecule has 120 valence electrons. The van der Waals surface area contributed by atoms with Crippen molar-refractivity contribution in [3.05, 3.63) is 54.1 Å². The molecule has 0 spiro atoms. The van der Waals surface area contributed by atoms with Gasteiger partial charge in [0.25, 0.3) is 0 Å². The van der Waals surface area contributed by atoms with Crippen LogP contribution in [0, 0.1) is 0 Å². The zero-order chi connectivity index (χ0) is 16.1. The third kappa shape index (κ3) is 3.40. The first kappa shape index (κ1) is 15.6. The summed E-state index contributed by atoms with van der Waals surface area (Å²) in [5, 5.41) is 1.31. The van der Waals surface area contributed by atoms with Gasteiger partial charge in [0.15, 0.2) is 0 Å². The van der Waals surface area contributed by atoms with E-state index in [0.717, 1.165) is 31.6 Å². The van der Waals surface area contributed by atoms with Gasteiger partial charge in [-0.1, -0.05) is 18.2 Å². The largest absolute Gasteiger partial charge is 0.494 e. The Morgan fingerprint density at radius 3 is 2.52 bits per heavy atom. The van der Waals surface area contributed by atoms with Gasteiger partial charge < -0.3 is 15.5 Å². The van der Waals surface area contributed by atoms with Crippen molar-refractivity contribution in [1.29, 1.82) is 0 Å². The van der Waals surface area contributed by atoms with Crippen LogP contribution in [-0.4, -0.2) is 18.1 Å².